The van der Waals surface area contributed by atoms with Crippen molar-refractivity contribution < 1.29 is 9.18 Å². The maximum absolute atomic E-state index is 13.7. The Morgan fingerprint density at radius 1 is 1.21 bits per heavy atom. The van der Waals surface area contributed by atoms with Crippen molar-refractivity contribution >= 4 is 5.91 Å². The summed E-state index contributed by atoms with van der Waals surface area (Å²) in [6.45, 7) is 0.708. The molecule has 1 aromatic carbocycles. The highest BCUT2D eigenvalue weighted by Crippen LogP contribution is 2.52. The molecular formula is C23H17FN4O. The maximum Gasteiger partial charge on any atom is 0.253 e. The number of hydrogen-bond donors (Lipinski definition) is 2. The van der Waals surface area contributed by atoms with Crippen molar-refractivity contribution in [3.63, 3.8) is 0 Å². The zero-order valence-electron chi connectivity index (χ0n) is 15.6. The van der Waals surface area contributed by atoms with Crippen LogP contribution in [-0.4, -0.2) is 22.4 Å². The number of amides is 1. The van der Waals surface area contributed by atoms with Crippen LogP contribution in [0.1, 0.15) is 45.6 Å². The number of benzene rings is 1. The highest BCUT2D eigenvalue weighted by atomic mass is 19.1. The second-order valence-electron chi connectivity index (χ2n) is 8.22. The van der Waals surface area contributed by atoms with E-state index in [2.05, 4.69) is 15.3 Å². The normalized spacial score (nSPS) is 17.7. The first-order chi connectivity index (χ1) is 14.1. The second-order valence-corrected chi connectivity index (χ2v) is 8.22. The predicted molar refractivity (Wildman–Crippen MR) is 105 cm³/mol. The molecule has 1 aliphatic heterocycles. The fourth-order valence-corrected chi connectivity index (χ4v) is 4.77. The van der Waals surface area contributed by atoms with Gasteiger partial charge in [0.2, 0.25) is 0 Å². The van der Waals surface area contributed by atoms with Crippen molar-refractivity contribution in [1.82, 2.24) is 15.3 Å². The van der Waals surface area contributed by atoms with E-state index in [0.717, 1.165) is 59.3 Å². The Labute approximate surface area is 166 Å². The predicted octanol–water partition coefficient (Wildman–Crippen LogP) is 3.63. The molecule has 0 unspecified atom stereocenters. The summed E-state index contributed by atoms with van der Waals surface area (Å²) in [5.41, 5.74) is 7.66. The highest BCUT2D eigenvalue weighted by molar-refractivity contribution is 6.01. The second kappa shape index (κ2) is 5.54. The number of hydrogen-bond acceptors (Lipinski definition) is 3. The van der Waals surface area contributed by atoms with Crippen LogP contribution in [0.4, 0.5) is 4.39 Å². The molecule has 29 heavy (non-hydrogen) atoms. The Kier molecular flexibility index (Phi) is 3.15. The Hall–Kier alpha value is -3.46. The van der Waals surface area contributed by atoms with Crippen LogP contribution < -0.4 is 5.32 Å². The van der Waals surface area contributed by atoms with Crippen molar-refractivity contribution in [3.8, 4) is 28.6 Å². The van der Waals surface area contributed by atoms with Gasteiger partial charge in [-0.15, -0.1) is 0 Å². The number of carbonyl (C=O) groups is 1. The minimum Gasteiger partial charge on any atom is -0.357 e. The van der Waals surface area contributed by atoms with Crippen LogP contribution >= 0.6 is 0 Å². The molecule has 1 fully saturated rings. The van der Waals surface area contributed by atoms with E-state index in [4.69, 9.17) is 5.26 Å². The number of nitriles is 1. The van der Waals surface area contributed by atoms with Crippen molar-refractivity contribution in [2.45, 2.75) is 31.1 Å². The van der Waals surface area contributed by atoms with Crippen LogP contribution in [0.25, 0.3) is 22.5 Å². The molecule has 1 amide bonds. The number of nitrogens with zero attached hydrogens (tertiary/aromatic N) is 2. The molecule has 6 rings (SSSR count). The lowest BCUT2D eigenvalue weighted by Gasteiger charge is -2.23. The Balaban J connectivity index is 1.52. The summed E-state index contributed by atoms with van der Waals surface area (Å²) in [5, 5.41) is 12.2. The van der Waals surface area contributed by atoms with Crippen molar-refractivity contribution in [1.29, 1.82) is 5.26 Å². The molecule has 3 aromatic rings. The van der Waals surface area contributed by atoms with Gasteiger partial charge in [-0.1, -0.05) is 0 Å². The first kappa shape index (κ1) is 16.5. The number of aryl methyl sites for hydroxylation is 1. The molecular weight excluding hydrogens is 367 g/mol. The van der Waals surface area contributed by atoms with Gasteiger partial charge in [0.25, 0.3) is 5.91 Å². The third kappa shape index (κ3) is 2.24. The number of rotatable bonds is 1. The smallest absolute Gasteiger partial charge is 0.253 e. The fourth-order valence-electron chi connectivity index (χ4n) is 4.77. The summed E-state index contributed by atoms with van der Waals surface area (Å²) >= 11 is 0. The molecule has 0 atom stereocenters. The van der Waals surface area contributed by atoms with Crippen molar-refractivity contribution in [2.24, 2.45) is 0 Å². The van der Waals surface area contributed by atoms with Gasteiger partial charge >= 0.3 is 0 Å². The molecule has 0 saturated heterocycles. The molecule has 1 saturated carbocycles. The van der Waals surface area contributed by atoms with E-state index in [-0.39, 0.29) is 16.9 Å². The molecule has 1 spiro atoms. The average molecular weight is 384 g/mol. The first-order valence-corrected chi connectivity index (χ1v) is 9.82. The summed E-state index contributed by atoms with van der Waals surface area (Å²) in [7, 11) is 0. The molecule has 5 nitrogen and oxygen atoms in total. The van der Waals surface area contributed by atoms with Crippen LogP contribution in [0, 0.1) is 17.1 Å². The van der Waals surface area contributed by atoms with Gasteiger partial charge in [-0.2, -0.15) is 5.26 Å². The number of pyridine rings is 1. The lowest BCUT2D eigenvalue weighted by atomic mass is 9.86. The molecule has 0 bridgehead atoms. The summed E-state index contributed by atoms with van der Waals surface area (Å²) in [6, 6.07) is 8.34. The molecule has 6 heteroatoms. The lowest BCUT2D eigenvalue weighted by molar-refractivity contribution is 0.0936. The minimum atomic E-state index is -0.533. The fraction of sp³-hybridized carbons (Fsp3) is 0.261. The zero-order valence-corrected chi connectivity index (χ0v) is 15.6. The topological polar surface area (TPSA) is 81.6 Å². The van der Waals surface area contributed by atoms with Gasteiger partial charge in [0, 0.05) is 35.0 Å². The van der Waals surface area contributed by atoms with Crippen molar-refractivity contribution in [2.75, 3.05) is 6.54 Å². The molecule has 0 radical (unpaired) electrons. The largest absolute Gasteiger partial charge is 0.357 e. The van der Waals surface area contributed by atoms with Gasteiger partial charge in [-0.05, 0) is 61.1 Å². The molecule has 2 aliphatic carbocycles. The van der Waals surface area contributed by atoms with E-state index in [9.17, 15) is 9.18 Å². The monoisotopic (exact) mass is 384 g/mol. The Bertz CT molecular complexity index is 1260. The average Bonchev–Trinajstić information content (AvgIpc) is 3.41. The van der Waals surface area contributed by atoms with Crippen molar-refractivity contribution in [3.05, 3.63) is 64.2 Å². The van der Waals surface area contributed by atoms with Gasteiger partial charge in [0.05, 0.1) is 22.5 Å². The Morgan fingerprint density at radius 2 is 2.07 bits per heavy atom. The summed E-state index contributed by atoms with van der Waals surface area (Å²) in [4.78, 5) is 20.8. The molecule has 2 aromatic heterocycles. The summed E-state index contributed by atoms with van der Waals surface area (Å²) < 4.78 is 13.7. The van der Waals surface area contributed by atoms with Crippen LogP contribution in [0.3, 0.4) is 0 Å². The first-order valence-electron chi connectivity index (χ1n) is 9.82. The number of carbonyl (C=O) groups excluding carboxylic acids is 1. The van der Waals surface area contributed by atoms with E-state index >= 15 is 0 Å². The van der Waals surface area contributed by atoms with Gasteiger partial charge in [-0.3, -0.25) is 9.78 Å². The quantitative estimate of drug-likeness (QED) is 0.672. The van der Waals surface area contributed by atoms with Gasteiger partial charge < -0.3 is 10.3 Å². The van der Waals surface area contributed by atoms with Gasteiger partial charge in [0.1, 0.15) is 11.9 Å². The summed E-state index contributed by atoms with van der Waals surface area (Å²) in [6.07, 6.45) is 5.69. The standard InChI is InChI=1S/C23H17FN4O/c24-17-4-2-12(7-14(17)9-25)18-8-16-13(10-26-18)1-3-15-19-21(28-20(15)16)23(5-6-23)11-27-22(19)29/h2,4,7-8,10,28H,1,3,5-6,11H2,(H,27,29). The third-order valence-electron chi connectivity index (χ3n) is 6.58. The SMILES string of the molecule is N#Cc1cc(-c2cc3c(cn2)CCc2c-3[nH]c3c2C(=O)NCC32CC2)ccc1F. The molecule has 2 N–H and O–H groups in total. The van der Waals surface area contributed by atoms with Crippen LogP contribution in [0.15, 0.2) is 30.5 Å². The number of nitrogens with one attached hydrogen (secondary N) is 2. The molecule has 3 heterocycles. The number of fused-ring (bicyclic) bond motifs is 6. The van der Waals surface area contributed by atoms with Crippen LogP contribution in [-0.2, 0) is 18.3 Å². The van der Waals surface area contributed by atoms with E-state index in [1.54, 1.807) is 6.07 Å². The van der Waals surface area contributed by atoms with E-state index in [1.165, 1.54) is 12.1 Å². The van der Waals surface area contributed by atoms with Gasteiger partial charge in [-0.25, -0.2) is 4.39 Å². The molecule has 3 aliphatic rings. The summed E-state index contributed by atoms with van der Waals surface area (Å²) in [5.74, 6) is -0.515. The number of H-pyrrole nitrogens is 1. The number of aromatic amines is 1. The third-order valence-corrected chi connectivity index (χ3v) is 6.58. The lowest BCUT2D eigenvalue weighted by Crippen LogP contribution is -2.39. The molecule has 142 valence electrons. The van der Waals surface area contributed by atoms with Crippen LogP contribution in [0.2, 0.25) is 0 Å². The maximum atomic E-state index is 13.7. The van der Waals surface area contributed by atoms with E-state index < -0.39 is 5.82 Å². The van der Waals surface area contributed by atoms with E-state index in [0.29, 0.717) is 17.8 Å². The highest BCUT2D eigenvalue weighted by Gasteiger charge is 2.51. The Morgan fingerprint density at radius 3 is 2.86 bits per heavy atom. The minimum absolute atomic E-state index is 0.00499. The zero-order chi connectivity index (χ0) is 19.8. The number of halogens is 1. The number of aromatic nitrogens is 2. The van der Waals surface area contributed by atoms with E-state index in [1.807, 2.05) is 18.3 Å². The van der Waals surface area contributed by atoms with Crippen LogP contribution in [0.5, 0.6) is 0 Å². The van der Waals surface area contributed by atoms with Gasteiger partial charge in [0.15, 0.2) is 0 Å².